The molecule has 5 nitrogen and oxygen atoms in total. The van der Waals surface area contributed by atoms with Crippen LogP contribution in [0.2, 0.25) is 0 Å². The van der Waals surface area contributed by atoms with Crippen molar-refractivity contribution in [1.29, 1.82) is 0 Å². The van der Waals surface area contributed by atoms with E-state index in [0.717, 1.165) is 22.6 Å². The summed E-state index contributed by atoms with van der Waals surface area (Å²) < 4.78 is 34.5. The van der Waals surface area contributed by atoms with Crippen LogP contribution in [-0.4, -0.2) is 39.6 Å². The maximum absolute atomic E-state index is 13.8. The van der Waals surface area contributed by atoms with Gasteiger partial charge in [0.05, 0.1) is 5.56 Å². The summed E-state index contributed by atoms with van der Waals surface area (Å²) in [4.78, 5) is 19.2. The van der Waals surface area contributed by atoms with E-state index in [4.69, 9.17) is 4.74 Å². The lowest BCUT2D eigenvalue weighted by atomic mass is 10.1. The first kappa shape index (κ1) is 19.6. The van der Waals surface area contributed by atoms with Crippen molar-refractivity contribution in [2.24, 2.45) is 0 Å². The Labute approximate surface area is 171 Å². The van der Waals surface area contributed by atoms with Gasteiger partial charge in [-0.15, -0.1) is 11.3 Å². The van der Waals surface area contributed by atoms with Gasteiger partial charge in [-0.1, -0.05) is 0 Å². The Morgan fingerprint density at radius 3 is 2.62 bits per heavy atom. The Kier molecular flexibility index (Phi) is 5.36. The molecule has 1 amide bonds. The lowest BCUT2D eigenvalue weighted by Crippen LogP contribution is -2.42. The van der Waals surface area contributed by atoms with E-state index >= 15 is 0 Å². The molecule has 0 spiro atoms. The molecule has 29 heavy (non-hydrogen) atoms. The molecule has 0 saturated carbocycles. The molecule has 4 rings (SSSR count). The Bertz CT molecular complexity index is 1020. The Morgan fingerprint density at radius 1 is 1.21 bits per heavy atom. The molecule has 1 saturated heterocycles. The standard InChI is InChI=1S/C21H21F2N3O2S/c1-13-11-17(14(2)26(13)21-24-7-10-29-21)20(27)25-8-5-16(6-9-25)28-19-4-3-15(22)12-18(19)23/h3-4,7,10-12,16H,5-6,8-9H2,1-2H3. The molecule has 0 aliphatic carbocycles. The third-order valence-corrected chi connectivity index (χ3v) is 5.95. The predicted octanol–water partition coefficient (Wildman–Crippen LogP) is 4.51. The summed E-state index contributed by atoms with van der Waals surface area (Å²) in [5, 5.41) is 2.75. The van der Waals surface area contributed by atoms with Gasteiger partial charge in [0, 0.05) is 55.0 Å². The molecule has 1 aromatic carbocycles. The molecule has 2 aromatic heterocycles. The molecule has 1 fully saturated rings. The van der Waals surface area contributed by atoms with Crippen LogP contribution >= 0.6 is 11.3 Å². The van der Waals surface area contributed by atoms with E-state index in [0.29, 0.717) is 31.5 Å². The van der Waals surface area contributed by atoms with Crippen molar-refractivity contribution in [3.63, 3.8) is 0 Å². The topological polar surface area (TPSA) is 47.4 Å². The summed E-state index contributed by atoms with van der Waals surface area (Å²) in [6, 6.07) is 5.19. The summed E-state index contributed by atoms with van der Waals surface area (Å²) >= 11 is 1.52. The second-order valence-corrected chi connectivity index (χ2v) is 7.99. The molecule has 1 aliphatic heterocycles. The van der Waals surface area contributed by atoms with Gasteiger partial charge in [-0.3, -0.25) is 9.36 Å². The molecule has 0 unspecified atom stereocenters. The predicted molar refractivity (Wildman–Crippen MR) is 107 cm³/mol. The zero-order valence-electron chi connectivity index (χ0n) is 16.2. The van der Waals surface area contributed by atoms with Gasteiger partial charge in [0.1, 0.15) is 11.9 Å². The molecule has 152 valence electrons. The summed E-state index contributed by atoms with van der Waals surface area (Å²) in [6.07, 6.45) is 2.72. The van der Waals surface area contributed by atoms with E-state index in [-0.39, 0.29) is 17.8 Å². The van der Waals surface area contributed by atoms with Gasteiger partial charge >= 0.3 is 0 Å². The zero-order valence-corrected chi connectivity index (χ0v) is 17.0. The van der Waals surface area contributed by atoms with Crippen molar-refractivity contribution in [3.05, 3.63) is 64.4 Å². The highest BCUT2D eigenvalue weighted by Gasteiger charge is 2.28. The number of aromatic nitrogens is 2. The average molecular weight is 417 g/mol. The number of rotatable bonds is 4. The Balaban J connectivity index is 1.42. The van der Waals surface area contributed by atoms with Gasteiger partial charge in [-0.2, -0.15) is 0 Å². The van der Waals surface area contributed by atoms with Crippen molar-refractivity contribution < 1.29 is 18.3 Å². The van der Waals surface area contributed by atoms with E-state index in [1.807, 2.05) is 29.9 Å². The van der Waals surface area contributed by atoms with Crippen molar-refractivity contribution in [2.45, 2.75) is 32.8 Å². The SMILES string of the molecule is Cc1cc(C(=O)N2CCC(Oc3ccc(F)cc3F)CC2)c(C)n1-c1nccs1. The lowest BCUT2D eigenvalue weighted by Gasteiger charge is -2.32. The van der Waals surface area contributed by atoms with E-state index in [1.54, 1.807) is 11.1 Å². The summed E-state index contributed by atoms with van der Waals surface area (Å²) in [5.41, 5.74) is 2.50. The van der Waals surface area contributed by atoms with Crippen LogP contribution in [-0.2, 0) is 0 Å². The number of carbonyl (C=O) groups is 1. The molecule has 0 bridgehead atoms. The first-order valence-electron chi connectivity index (χ1n) is 9.44. The largest absolute Gasteiger partial charge is 0.487 e. The van der Waals surface area contributed by atoms with Crippen LogP contribution in [0.25, 0.3) is 5.13 Å². The van der Waals surface area contributed by atoms with Crippen LogP contribution in [0.5, 0.6) is 5.75 Å². The van der Waals surface area contributed by atoms with Crippen LogP contribution in [0.15, 0.2) is 35.8 Å². The highest BCUT2D eigenvalue weighted by Crippen LogP contribution is 2.26. The van der Waals surface area contributed by atoms with Crippen LogP contribution in [0.4, 0.5) is 8.78 Å². The van der Waals surface area contributed by atoms with E-state index in [2.05, 4.69) is 4.98 Å². The van der Waals surface area contributed by atoms with E-state index in [9.17, 15) is 13.6 Å². The molecule has 8 heteroatoms. The Morgan fingerprint density at radius 2 is 1.97 bits per heavy atom. The zero-order chi connectivity index (χ0) is 20.5. The smallest absolute Gasteiger partial charge is 0.255 e. The molecular formula is C21H21F2N3O2S. The number of carbonyl (C=O) groups excluding carboxylic acids is 1. The average Bonchev–Trinajstić information content (AvgIpc) is 3.32. The summed E-state index contributed by atoms with van der Waals surface area (Å²) in [5.74, 6) is -1.32. The third kappa shape index (κ3) is 3.89. The number of benzene rings is 1. The minimum absolute atomic E-state index is 0.0210. The monoisotopic (exact) mass is 417 g/mol. The molecule has 0 atom stereocenters. The number of nitrogens with zero attached hydrogens (tertiary/aromatic N) is 3. The maximum Gasteiger partial charge on any atom is 0.255 e. The second kappa shape index (κ2) is 7.94. The van der Waals surface area contributed by atoms with Gasteiger partial charge in [0.15, 0.2) is 16.7 Å². The molecule has 3 heterocycles. The van der Waals surface area contributed by atoms with Crippen LogP contribution in [0, 0.1) is 25.5 Å². The minimum atomic E-state index is -0.710. The van der Waals surface area contributed by atoms with Crippen LogP contribution in [0.1, 0.15) is 34.6 Å². The number of halogens is 2. The van der Waals surface area contributed by atoms with Crippen molar-refractivity contribution in [2.75, 3.05) is 13.1 Å². The number of piperidine rings is 1. The van der Waals surface area contributed by atoms with Crippen molar-refractivity contribution in [3.8, 4) is 10.9 Å². The highest BCUT2D eigenvalue weighted by atomic mass is 32.1. The number of amides is 1. The second-order valence-electron chi connectivity index (χ2n) is 7.12. The lowest BCUT2D eigenvalue weighted by molar-refractivity contribution is 0.0587. The molecular weight excluding hydrogens is 396 g/mol. The first-order valence-corrected chi connectivity index (χ1v) is 10.3. The van der Waals surface area contributed by atoms with E-state index in [1.165, 1.54) is 23.5 Å². The normalized spacial score (nSPS) is 15.0. The third-order valence-electron chi connectivity index (χ3n) is 5.19. The van der Waals surface area contributed by atoms with E-state index < -0.39 is 11.6 Å². The molecule has 0 N–H and O–H groups in total. The maximum atomic E-state index is 13.8. The molecule has 0 radical (unpaired) electrons. The van der Waals surface area contributed by atoms with Crippen molar-refractivity contribution >= 4 is 17.2 Å². The fourth-order valence-corrected chi connectivity index (χ4v) is 4.45. The van der Waals surface area contributed by atoms with Crippen LogP contribution < -0.4 is 4.74 Å². The van der Waals surface area contributed by atoms with Crippen molar-refractivity contribution in [1.82, 2.24) is 14.5 Å². The number of thiazole rings is 1. The Hall–Kier alpha value is -2.74. The quantitative estimate of drug-likeness (QED) is 0.627. The van der Waals surface area contributed by atoms with Gasteiger partial charge in [0.2, 0.25) is 0 Å². The molecule has 3 aromatic rings. The fourth-order valence-electron chi connectivity index (χ4n) is 3.70. The fraction of sp³-hybridized carbons (Fsp3) is 0.333. The van der Waals surface area contributed by atoms with Crippen LogP contribution in [0.3, 0.4) is 0 Å². The highest BCUT2D eigenvalue weighted by molar-refractivity contribution is 7.12. The van der Waals surface area contributed by atoms with Gasteiger partial charge in [0.25, 0.3) is 5.91 Å². The van der Waals surface area contributed by atoms with Gasteiger partial charge in [-0.05, 0) is 32.0 Å². The summed E-state index contributed by atoms with van der Waals surface area (Å²) in [6.45, 7) is 4.93. The first-order chi connectivity index (χ1) is 13.9. The van der Waals surface area contributed by atoms with Gasteiger partial charge < -0.3 is 9.64 Å². The molecule has 1 aliphatic rings. The number of ether oxygens (including phenoxy) is 1. The number of aryl methyl sites for hydroxylation is 1. The van der Waals surface area contributed by atoms with Gasteiger partial charge in [-0.25, -0.2) is 13.8 Å². The summed E-state index contributed by atoms with van der Waals surface area (Å²) in [7, 11) is 0. The number of likely N-dealkylation sites (tertiary alicyclic amines) is 1. The number of hydrogen-bond donors (Lipinski definition) is 0. The minimum Gasteiger partial charge on any atom is -0.487 e. The number of hydrogen-bond acceptors (Lipinski definition) is 4.